The molecule has 0 bridgehead atoms. The summed E-state index contributed by atoms with van der Waals surface area (Å²) in [6.45, 7) is 24.3. The molecule has 2 aliphatic rings. The summed E-state index contributed by atoms with van der Waals surface area (Å²) in [7, 11) is 0. The van der Waals surface area contributed by atoms with Gasteiger partial charge in [-0.15, -0.1) is 0 Å². The number of rotatable bonds is 8. The summed E-state index contributed by atoms with van der Waals surface area (Å²) in [5.74, 6) is 1.28. The van der Waals surface area contributed by atoms with Gasteiger partial charge in [0.15, 0.2) is 0 Å². The van der Waals surface area contributed by atoms with E-state index in [0.29, 0.717) is 19.1 Å². The summed E-state index contributed by atoms with van der Waals surface area (Å²) >= 11 is -2.66. The van der Waals surface area contributed by atoms with E-state index in [9.17, 15) is 0 Å². The molecule has 0 fully saturated rings. The molecule has 48 heavy (non-hydrogen) atoms. The van der Waals surface area contributed by atoms with Gasteiger partial charge in [-0.25, -0.2) is 0 Å². The van der Waals surface area contributed by atoms with Gasteiger partial charge in [0, 0.05) is 0 Å². The van der Waals surface area contributed by atoms with E-state index in [4.69, 9.17) is 0 Å². The van der Waals surface area contributed by atoms with Gasteiger partial charge in [0.1, 0.15) is 0 Å². The van der Waals surface area contributed by atoms with E-state index in [1.54, 1.807) is 66.0 Å². The Bertz CT molecular complexity index is 1760. The predicted octanol–water partition coefficient (Wildman–Crippen LogP) is 4.53. The molecule has 0 saturated heterocycles. The first-order chi connectivity index (χ1) is 22.0. The molecule has 0 aromatic heterocycles. The smallest absolute Gasteiger partial charge is 1.00 e. The maximum Gasteiger partial charge on any atom is -1.00 e. The van der Waals surface area contributed by atoms with Crippen LogP contribution in [0.15, 0.2) is 96.1 Å². The molecule has 0 N–H and O–H groups in total. The number of benzene rings is 4. The van der Waals surface area contributed by atoms with Gasteiger partial charge < -0.3 is 24.8 Å². The fourth-order valence-corrected chi connectivity index (χ4v) is 34.7. The Labute approximate surface area is 311 Å². The van der Waals surface area contributed by atoms with E-state index < -0.39 is 25.8 Å². The average molecular weight is 771 g/mol. The van der Waals surface area contributed by atoms with Crippen molar-refractivity contribution in [2.45, 2.75) is 89.3 Å². The maximum atomic E-state index is 2.53. The first-order valence-corrected chi connectivity index (χ1v) is 25.5. The normalized spacial score (nSPS) is 16.4. The molecule has 6 rings (SSSR count). The van der Waals surface area contributed by atoms with Crippen molar-refractivity contribution >= 4 is 27.0 Å². The SMILES string of the molecule is CC1=C(C)[CH]([Zr+2]([CH]2C(C)=C(C)c3c(CC(C)C)ccc(C)c32)=[Si](c2ccccc2)c2ccccc2)c2c(C)ccc(CC(C)C)c21.[Cl-].[Cl-]. The van der Waals surface area contributed by atoms with Crippen molar-refractivity contribution in [1.29, 1.82) is 0 Å². The van der Waals surface area contributed by atoms with Crippen LogP contribution in [0.1, 0.15) is 107 Å². The number of hydrogen-bond donors (Lipinski definition) is 0. The summed E-state index contributed by atoms with van der Waals surface area (Å²) in [5, 5.41) is 3.22. The van der Waals surface area contributed by atoms with Gasteiger partial charge in [-0.05, 0) is 0 Å². The Morgan fingerprint density at radius 1 is 0.521 bits per heavy atom. The molecule has 4 aromatic carbocycles. The third-order valence-electron chi connectivity index (χ3n) is 10.8. The van der Waals surface area contributed by atoms with Gasteiger partial charge in [-0.2, -0.15) is 0 Å². The summed E-state index contributed by atoms with van der Waals surface area (Å²) in [4.78, 5) is 0. The van der Waals surface area contributed by atoms with Crippen molar-refractivity contribution in [3.05, 3.63) is 141 Å². The molecule has 0 aliphatic heterocycles. The molecular weight excluding hydrogens is 719 g/mol. The standard InChI is InChI=1S/2C16H21.C12H10Si.2ClH.Zr/c2*1-10(2)8-14-7-6-11(3)15-9-12(4)13(5)16(14)15;1-3-7-11(8-4-1)13-12-9-5-2-6-10-12;;;/h2*6-7,9-10H,8H2,1-5H3;1-10H;2*1H;/q;;;;;+2/p-2. The summed E-state index contributed by atoms with van der Waals surface area (Å²) in [6.07, 6.45) is 2.30. The Morgan fingerprint density at radius 2 is 0.875 bits per heavy atom. The number of allylic oxidation sites excluding steroid dienone is 4. The average Bonchev–Trinajstić information content (AvgIpc) is 3.45. The maximum absolute atomic E-state index is 2.66. The predicted molar refractivity (Wildman–Crippen MR) is 199 cm³/mol. The van der Waals surface area contributed by atoms with Gasteiger partial charge in [0.25, 0.3) is 0 Å². The summed E-state index contributed by atoms with van der Waals surface area (Å²) < 4.78 is 1.12. The minimum atomic E-state index is -2.66. The van der Waals surface area contributed by atoms with E-state index in [0.717, 1.165) is 12.8 Å². The molecule has 0 radical (unpaired) electrons. The molecule has 0 heterocycles. The van der Waals surface area contributed by atoms with E-state index in [-0.39, 0.29) is 24.8 Å². The fourth-order valence-electron chi connectivity index (χ4n) is 8.59. The van der Waals surface area contributed by atoms with Crippen molar-refractivity contribution in [3.63, 3.8) is 0 Å². The Morgan fingerprint density at radius 3 is 1.21 bits per heavy atom. The number of aryl methyl sites for hydroxylation is 2. The molecule has 0 spiro atoms. The first kappa shape index (κ1) is 38.8. The van der Waals surface area contributed by atoms with E-state index >= 15 is 0 Å². The Hall–Kier alpha value is -1.96. The van der Waals surface area contributed by atoms with Crippen molar-refractivity contribution in [1.82, 2.24) is 0 Å². The van der Waals surface area contributed by atoms with Gasteiger partial charge >= 0.3 is 289 Å². The van der Waals surface area contributed by atoms with Gasteiger partial charge in [-0.1, -0.05) is 0 Å². The number of fused-ring (bicyclic) bond motifs is 2. The zero-order chi connectivity index (χ0) is 32.9. The van der Waals surface area contributed by atoms with E-state index in [2.05, 4.69) is 154 Å². The molecule has 0 amide bonds. The van der Waals surface area contributed by atoms with E-state index in [1.807, 2.05) is 0 Å². The van der Waals surface area contributed by atoms with Crippen molar-refractivity contribution < 1.29 is 45.2 Å². The van der Waals surface area contributed by atoms with Crippen LogP contribution in [-0.2, 0) is 33.2 Å². The molecule has 2 unspecified atom stereocenters. The van der Waals surface area contributed by atoms with Crippen molar-refractivity contribution in [2.75, 3.05) is 0 Å². The molecule has 4 aromatic rings. The zero-order valence-corrected chi connectivity index (χ0v) is 35.5. The second-order valence-electron chi connectivity index (χ2n) is 14.9. The Kier molecular flexibility index (Phi) is 12.9. The minimum Gasteiger partial charge on any atom is -1.00 e. The molecule has 4 heteroatoms. The van der Waals surface area contributed by atoms with Crippen molar-refractivity contribution in [3.8, 4) is 0 Å². The largest absolute Gasteiger partial charge is 1.00 e. The van der Waals surface area contributed by atoms with Crippen LogP contribution >= 0.6 is 0 Å². The second kappa shape index (κ2) is 15.9. The monoisotopic (exact) mass is 768 g/mol. The molecule has 250 valence electrons. The molecule has 2 aliphatic carbocycles. The molecule has 2 atom stereocenters. The third-order valence-corrected chi connectivity index (χ3v) is 31.7. The summed E-state index contributed by atoms with van der Waals surface area (Å²) in [6, 6.07) is 33.4. The van der Waals surface area contributed by atoms with Crippen LogP contribution in [0.2, 0.25) is 0 Å². The van der Waals surface area contributed by atoms with Gasteiger partial charge in [-0.3, -0.25) is 0 Å². The van der Waals surface area contributed by atoms with E-state index in [1.165, 1.54) is 11.1 Å². The fraction of sp³-hybridized carbons (Fsp3) is 0.364. The molecule has 0 saturated carbocycles. The topological polar surface area (TPSA) is 0 Å². The molecular formula is C44H52Cl2SiZr. The molecule has 0 nitrogen and oxygen atoms in total. The van der Waals surface area contributed by atoms with Crippen LogP contribution in [-0.4, -0.2) is 5.43 Å². The van der Waals surface area contributed by atoms with Crippen LogP contribution < -0.4 is 35.2 Å². The van der Waals surface area contributed by atoms with Gasteiger partial charge in [0.2, 0.25) is 0 Å². The Balaban J connectivity index is 0.00000260. The van der Waals surface area contributed by atoms with Crippen molar-refractivity contribution in [2.24, 2.45) is 11.8 Å². The second-order valence-corrected chi connectivity index (χ2v) is 29.0. The van der Waals surface area contributed by atoms with Crippen LogP contribution in [0.25, 0.3) is 11.1 Å². The number of hydrogen-bond acceptors (Lipinski definition) is 0. The van der Waals surface area contributed by atoms with Crippen LogP contribution in [0, 0.1) is 25.7 Å². The van der Waals surface area contributed by atoms with Crippen LogP contribution in [0.4, 0.5) is 0 Å². The third kappa shape index (κ3) is 6.99. The minimum absolute atomic E-state index is 0. The van der Waals surface area contributed by atoms with Gasteiger partial charge in [0.05, 0.1) is 0 Å². The van der Waals surface area contributed by atoms with Crippen LogP contribution in [0.3, 0.4) is 0 Å². The summed E-state index contributed by atoms with van der Waals surface area (Å²) in [5.41, 5.74) is 18.2. The quantitative estimate of drug-likeness (QED) is 0.232. The zero-order valence-electron chi connectivity index (χ0n) is 30.6. The number of halogens is 2. The first-order valence-electron chi connectivity index (χ1n) is 17.5. The van der Waals surface area contributed by atoms with Crippen LogP contribution in [0.5, 0.6) is 0 Å².